The third kappa shape index (κ3) is 37.1. The van der Waals surface area contributed by atoms with Gasteiger partial charge >= 0.3 is 11.9 Å². The average Bonchev–Trinajstić information content (AvgIpc) is 3.13. The molecular weight excluding hydrogens is 650 g/mol. The number of carbonyl (C=O) groups is 2. The Kier molecular flexibility index (Phi) is 40.1. The largest absolute Gasteiger partial charge is 0.466 e. The molecule has 0 aromatic heterocycles. The number of ether oxygens (including phenoxy) is 2. The van der Waals surface area contributed by atoms with E-state index >= 15 is 0 Å². The minimum Gasteiger partial charge on any atom is -0.466 e. The minimum atomic E-state index is -0.498. The molecule has 0 aliphatic rings. The maximum absolute atomic E-state index is 12.7. The van der Waals surface area contributed by atoms with Gasteiger partial charge in [-0.05, 0) is 51.4 Å². The van der Waals surface area contributed by atoms with Crippen LogP contribution >= 0.6 is 0 Å². The van der Waals surface area contributed by atoms with Crippen LogP contribution < -0.4 is 0 Å². The second-order valence-corrected chi connectivity index (χ2v) is 15.7. The van der Waals surface area contributed by atoms with Crippen LogP contribution in [-0.4, -0.2) is 72.1 Å². The second kappa shape index (κ2) is 41.0. The Bertz CT molecular complexity index is 733. The summed E-state index contributed by atoms with van der Waals surface area (Å²) in [5.41, 5.74) is 0. The lowest BCUT2D eigenvalue weighted by molar-refractivity contribution is -0.150. The zero-order valence-electron chi connectivity index (χ0n) is 35.0. The van der Waals surface area contributed by atoms with Gasteiger partial charge in [0.2, 0.25) is 0 Å². The number of aliphatic hydroxyl groups is 2. The lowest BCUT2D eigenvalue weighted by Gasteiger charge is -2.24. The van der Waals surface area contributed by atoms with Crippen molar-refractivity contribution in [3.05, 3.63) is 0 Å². The van der Waals surface area contributed by atoms with Crippen LogP contribution in [0.1, 0.15) is 233 Å². The van der Waals surface area contributed by atoms with Gasteiger partial charge in [0.15, 0.2) is 0 Å². The first-order chi connectivity index (χ1) is 25.5. The molecule has 0 saturated heterocycles. The van der Waals surface area contributed by atoms with E-state index in [0.717, 1.165) is 57.8 Å². The van der Waals surface area contributed by atoms with E-state index in [4.69, 9.17) is 9.47 Å². The predicted octanol–water partition coefficient (Wildman–Crippen LogP) is 12.0. The van der Waals surface area contributed by atoms with E-state index in [-0.39, 0.29) is 24.6 Å². The number of esters is 2. The van der Waals surface area contributed by atoms with Gasteiger partial charge < -0.3 is 24.6 Å². The summed E-state index contributed by atoms with van der Waals surface area (Å²) < 4.78 is 11.5. The first-order valence-electron chi connectivity index (χ1n) is 22.8. The van der Waals surface area contributed by atoms with Crippen molar-refractivity contribution < 1.29 is 29.3 Å². The molecule has 0 bridgehead atoms. The Morgan fingerprint density at radius 2 is 0.942 bits per heavy atom. The van der Waals surface area contributed by atoms with Crippen molar-refractivity contribution in [3.63, 3.8) is 0 Å². The second-order valence-electron chi connectivity index (χ2n) is 15.7. The molecule has 0 amide bonds. The summed E-state index contributed by atoms with van der Waals surface area (Å²) in [4.78, 5) is 27.2. The monoisotopic (exact) mass is 740 g/mol. The lowest BCUT2D eigenvalue weighted by Crippen LogP contribution is -2.35. The number of hydrogen-bond acceptors (Lipinski definition) is 7. The highest BCUT2D eigenvalue weighted by Gasteiger charge is 2.16. The number of nitrogens with zero attached hydrogens (tertiary/aromatic N) is 1. The van der Waals surface area contributed by atoms with Crippen molar-refractivity contribution in [3.8, 4) is 0 Å². The topological polar surface area (TPSA) is 96.3 Å². The van der Waals surface area contributed by atoms with Crippen molar-refractivity contribution in [1.82, 2.24) is 4.90 Å². The normalized spacial score (nSPS) is 12.2. The molecule has 52 heavy (non-hydrogen) atoms. The molecule has 1 unspecified atom stereocenters. The Balaban J connectivity index is 4.19. The Hall–Kier alpha value is -1.18. The highest BCUT2D eigenvalue weighted by Crippen LogP contribution is 2.19. The summed E-state index contributed by atoms with van der Waals surface area (Å²) >= 11 is 0. The molecule has 0 radical (unpaired) electrons. The smallest absolute Gasteiger partial charge is 0.307 e. The Labute approximate surface area is 323 Å². The molecule has 0 spiro atoms. The van der Waals surface area contributed by atoms with E-state index in [1.165, 1.54) is 128 Å². The van der Waals surface area contributed by atoms with Crippen molar-refractivity contribution in [2.24, 2.45) is 0 Å². The minimum absolute atomic E-state index is 0.0585. The van der Waals surface area contributed by atoms with Gasteiger partial charge in [0.1, 0.15) is 6.10 Å². The first kappa shape index (κ1) is 50.8. The molecular formula is C45H89NO6. The van der Waals surface area contributed by atoms with Gasteiger partial charge in [0.05, 0.1) is 19.1 Å². The van der Waals surface area contributed by atoms with Gasteiger partial charge in [-0.3, -0.25) is 9.59 Å². The molecule has 0 aromatic carbocycles. The lowest BCUT2D eigenvalue weighted by atomic mass is 10.0. The number of hydrogen-bond donors (Lipinski definition) is 2. The Morgan fingerprint density at radius 1 is 0.500 bits per heavy atom. The average molecular weight is 740 g/mol. The quantitative estimate of drug-likeness (QED) is 0.0475. The zero-order chi connectivity index (χ0) is 38.2. The molecule has 0 aromatic rings. The number of carbonyl (C=O) groups excluding carboxylic acids is 2. The van der Waals surface area contributed by atoms with Crippen LogP contribution in [0.4, 0.5) is 0 Å². The van der Waals surface area contributed by atoms with Gasteiger partial charge in [0, 0.05) is 32.7 Å². The molecule has 2 N–H and O–H groups in total. The summed E-state index contributed by atoms with van der Waals surface area (Å²) in [6.07, 6.45) is 36.5. The van der Waals surface area contributed by atoms with Gasteiger partial charge in [-0.15, -0.1) is 0 Å². The SMILES string of the molecule is CCCCCCCCCCCCCCOC(=O)CCN(CCCO)CC(O)CCCCCC(=O)OC(CCCCCCCC)CCCCCCCC. The van der Waals surface area contributed by atoms with Crippen molar-refractivity contribution in [2.75, 3.05) is 32.8 Å². The van der Waals surface area contributed by atoms with Gasteiger partial charge in [-0.1, -0.05) is 168 Å². The van der Waals surface area contributed by atoms with E-state index in [1.54, 1.807) is 0 Å². The molecule has 1 atom stereocenters. The summed E-state index contributed by atoms with van der Waals surface area (Å²) in [5, 5.41) is 20.1. The highest BCUT2D eigenvalue weighted by atomic mass is 16.5. The van der Waals surface area contributed by atoms with Gasteiger partial charge in [-0.25, -0.2) is 0 Å². The van der Waals surface area contributed by atoms with E-state index in [1.807, 2.05) is 0 Å². The van der Waals surface area contributed by atoms with Crippen LogP contribution in [0.25, 0.3) is 0 Å². The molecule has 0 aliphatic carbocycles. The van der Waals surface area contributed by atoms with Crippen LogP contribution in [0.15, 0.2) is 0 Å². The molecule has 0 aliphatic heterocycles. The van der Waals surface area contributed by atoms with Crippen LogP contribution in [0.3, 0.4) is 0 Å². The number of aliphatic hydroxyl groups excluding tert-OH is 2. The van der Waals surface area contributed by atoms with Crippen LogP contribution in [0, 0.1) is 0 Å². The first-order valence-corrected chi connectivity index (χ1v) is 22.8. The van der Waals surface area contributed by atoms with Gasteiger partial charge in [-0.2, -0.15) is 0 Å². The fraction of sp³-hybridized carbons (Fsp3) is 0.956. The number of rotatable bonds is 42. The molecule has 0 saturated carbocycles. The van der Waals surface area contributed by atoms with Crippen molar-refractivity contribution >= 4 is 11.9 Å². The van der Waals surface area contributed by atoms with Gasteiger partial charge in [0.25, 0.3) is 0 Å². The van der Waals surface area contributed by atoms with Crippen molar-refractivity contribution in [2.45, 2.75) is 245 Å². The maximum atomic E-state index is 12.7. The molecule has 7 nitrogen and oxygen atoms in total. The molecule has 310 valence electrons. The van der Waals surface area contributed by atoms with Crippen molar-refractivity contribution in [1.29, 1.82) is 0 Å². The molecule has 0 heterocycles. The van der Waals surface area contributed by atoms with E-state index < -0.39 is 6.10 Å². The standard InChI is InChI=1S/C45H89NO6/c1-4-7-10-13-16-17-18-19-20-21-24-30-40-51-44(49)36-38-46(37-31-39-47)41-42(48)32-26-25-29-35-45(50)52-43(33-27-22-14-11-8-5-2)34-28-23-15-12-9-6-3/h42-43,47-48H,4-41H2,1-3H3. The Morgan fingerprint density at radius 3 is 1.44 bits per heavy atom. The number of unbranched alkanes of at least 4 members (excludes halogenated alkanes) is 23. The molecule has 7 heteroatoms. The summed E-state index contributed by atoms with van der Waals surface area (Å²) in [7, 11) is 0. The third-order valence-corrected chi connectivity index (χ3v) is 10.5. The van der Waals surface area contributed by atoms with Crippen LogP contribution in [-0.2, 0) is 19.1 Å². The summed E-state index contributed by atoms with van der Waals surface area (Å²) in [6, 6.07) is 0. The maximum Gasteiger partial charge on any atom is 0.307 e. The van der Waals surface area contributed by atoms with Crippen LogP contribution in [0.5, 0.6) is 0 Å². The van der Waals surface area contributed by atoms with E-state index in [9.17, 15) is 19.8 Å². The molecule has 0 fully saturated rings. The van der Waals surface area contributed by atoms with Crippen LogP contribution in [0.2, 0.25) is 0 Å². The highest BCUT2D eigenvalue weighted by molar-refractivity contribution is 5.69. The molecule has 0 rings (SSSR count). The predicted molar refractivity (Wildman–Crippen MR) is 220 cm³/mol. The van der Waals surface area contributed by atoms with E-state index in [2.05, 4.69) is 25.7 Å². The fourth-order valence-corrected chi connectivity index (χ4v) is 7.07. The fourth-order valence-electron chi connectivity index (χ4n) is 7.07. The zero-order valence-corrected chi connectivity index (χ0v) is 35.0. The third-order valence-electron chi connectivity index (χ3n) is 10.5. The van der Waals surface area contributed by atoms with E-state index in [0.29, 0.717) is 51.9 Å². The summed E-state index contributed by atoms with van der Waals surface area (Å²) in [6.45, 7) is 8.98. The summed E-state index contributed by atoms with van der Waals surface area (Å²) in [5.74, 6) is -0.247.